The SMILES string of the molecule is CC(Nc1nc(Cl)nc2ccccc12)c1cccc(Br)c1. The van der Waals surface area contributed by atoms with Crippen molar-refractivity contribution in [3.05, 3.63) is 63.9 Å². The minimum absolute atomic E-state index is 0.108. The average molecular weight is 363 g/mol. The molecule has 0 aliphatic carbocycles. The Kier molecular flexibility index (Phi) is 4.08. The van der Waals surface area contributed by atoms with E-state index in [1.54, 1.807) is 0 Å². The molecule has 0 fully saturated rings. The highest BCUT2D eigenvalue weighted by molar-refractivity contribution is 9.10. The molecule has 0 saturated carbocycles. The zero-order valence-electron chi connectivity index (χ0n) is 11.3. The van der Waals surface area contributed by atoms with E-state index < -0.39 is 0 Å². The molecule has 0 aliphatic heterocycles. The quantitative estimate of drug-likeness (QED) is 0.649. The number of aromatic nitrogens is 2. The van der Waals surface area contributed by atoms with Crippen LogP contribution in [0.15, 0.2) is 53.0 Å². The maximum atomic E-state index is 6.01. The summed E-state index contributed by atoms with van der Waals surface area (Å²) in [7, 11) is 0. The molecule has 3 nitrogen and oxygen atoms in total. The summed E-state index contributed by atoms with van der Waals surface area (Å²) in [4.78, 5) is 8.56. The molecule has 0 bridgehead atoms. The molecule has 0 saturated heterocycles. The number of nitrogens with zero attached hydrogens (tertiary/aromatic N) is 2. The van der Waals surface area contributed by atoms with Gasteiger partial charge in [-0.25, -0.2) is 9.97 Å². The molecule has 1 heterocycles. The molecule has 1 unspecified atom stereocenters. The van der Waals surface area contributed by atoms with Crippen LogP contribution in [-0.4, -0.2) is 9.97 Å². The largest absolute Gasteiger partial charge is 0.363 e. The predicted octanol–water partition coefficient (Wildman–Crippen LogP) is 5.22. The smallest absolute Gasteiger partial charge is 0.224 e. The van der Waals surface area contributed by atoms with Crippen LogP contribution in [0.2, 0.25) is 5.28 Å². The normalized spacial score (nSPS) is 12.3. The zero-order chi connectivity index (χ0) is 14.8. The van der Waals surface area contributed by atoms with E-state index >= 15 is 0 Å². The highest BCUT2D eigenvalue weighted by Crippen LogP contribution is 2.26. The molecule has 0 amide bonds. The number of hydrogen-bond acceptors (Lipinski definition) is 3. The van der Waals surface area contributed by atoms with Gasteiger partial charge in [-0.1, -0.05) is 40.2 Å². The first-order valence-electron chi connectivity index (χ1n) is 6.58. The van der Waals surface area contributed by atoms with Gasteiger partial charge < -0.3 is 5.32 Å². The Morgan fingerprint density at radius 1 is 1.10 bits per heavy atom. The van der Waals surface area contributed by atoms with Crippen LogP contribution >= 0.6 is 27.5 Å². The summed E-state index contributed by atoms with van der Waals surface area (Å²) < 4.78 is 1.05. The highest BCUT2D eigenvalue weighted by atomic mass is 79.9. The Morgan fingerprint density at radius 2 is 1.90 bits per heavy atom. The topological polar surface area (TPSA) is 37.8 Å². The van der Waals surface area contributed by atoms with Crippen molar-refractivity contribution in [2.75, 3.05) is 5.32 Å². The number of hydrogen-bond donors (Lipinski definition) is 1. The fourth-order valence-corrected chi connectivity index (χ4v) is 2.82. The number of rotatable bonds is 3. The monoisotopic (exact) mass is 361 g/mol. The van der Waals surface area contributed by atoms with Crippen LogP contribution in [-0.2, 0) is 0 Å². The minimum Gasteiger partial charge on any atom is -0.363 e. The van der Waals surface area contributed by atoms with Crippen molar-refractivity contribution in [3.8, 4) is 0 Å². The summed E-state index contributed by atoms with van der Waals surface area (Å²) in [5, 5.41) is 4.62. The first kappa shape index (κ1) is 14.3. The third-order valence-electron chi connectivity index (χ3n) is 3.28. The first-order chi connectivity index (χ1) is 10.1. The first-order valence-corrected chi connectivity index (χ1v) is 7.75. The molecular formula is C16H13BrClN3. The lowest BCUT2D eigenvalue weighted by Crippen LogP contribution is -2.09. The second-order valence-corrected chi connectivity index (χ2v) is 6.03. The average Bonchev–Trinajstić information content (AvgIpc) is 2.47. The van der Waals surface area contributed by atoms with E-state index in [2.05, 4.69) is 50.3 Å². The maximum absolute atomic E-state index is 6.01. The lowest BCUT2D eigenvalue weighted by molar-refractivity contribution is 0.875. The van der Waals surface area contributed by atoms with Gasteiger partial charge in [0.25, 0.3) is 0 Å². The summed E-state index contributed by atoms with van der Waals surface area (Å²) in [5.41, 5.74) is 2.00. The van der Waals surface area contributed by atoms with Crippen molar-refractivity contribution in [2.24, 2.45) is 0 Å². The Hall–Kier alpha value is -1.65. The van der Waals surface area contributed by atoms with Gasteiger partial charge in [-0.15, -0.1) is 0 Å². The van der Waals surface area contributed by atoms with Crippen molar-refractivity contribution < 1.29 is 0 Å². The second kappa shape index (κ2) is 6.00. The third kappa shape index (κ3) is 3.17. The third-order valence-corrected chi connectivity index (χ3v) is 3.94. The van der Waals surface area contributed by atoms with Crippen molar-refractivity contribution in [1.29, 1.82) is 0 Å². The minimum atomic E-state index is 0.108. The van der Waals surface area contributed by atoms with Gasteiger partial charge >= 0.3 is 0 Å². The van der Waals surface area contributed by atoms with Gasteiger partial charge in [0.2, 0.25) is 5.28 Å². The molecule has 3 aromatic rings. The summed E-state index contributed by atoms with van der Waals surface area (Å²) in [6, 6.07) is 16.1. The standard InChI is InChI=1S/C16H13BrClN3/c1-10(11-5-4-6-12(17)9-11)19-15-13-7-2-3-8-14(13)20-16(18)21-15/h2-10H,1H3,(H,19,20,21). The van der Waals surface area contributed by atoms with E-state index in [-0.39, 0.29) is 11.3 Å². The molecule has 5 heteroatoms. The highest BCUT2D eigenvalue weighted by Gasteiger charge is 2.11. The predicted molar refractivity (Wildman–Crippen MR) is 90.7 cm³/mol. The number of halogens is 2. The Labute approximate surface area is 136 Å². The van der Waals surface area contributed by atoms with Gasteiger partial charge in [-0.3, -0.25) is 0 Å². The molecule has 106 valence electrons. The fraction of sp³-hybridized carbons (Fsp3) is 0.125. The van der Waals surface area contributed by atoms with E-state index in [4.69, 9.17) is 11.6 Å². The van der Waals surface area contributed by atoms with E-state index in [1.807, 2.05) is 36.4 Å². The van der Waals surface area contributed by atoms with Crippen LogP contribution in [0.5, 0.6) is 0 Å². The lowest BCUT2D eigenvalue weighted by Gasteiger charge is -2.16. The van der Waals surface area contributed by atoms with Gasteiger partial charge in [0.1, 0.15) is 5.82 Å². The molecule has 3 rings (SSSR count). The molecule has 1 atom stereocenters. The van der Waals surface area contributed by atoms with Gasteiger partial charge in [0, 0.05) is 9.86 Å². The van der Waals surface area contributed by atoms with Crippen molar-refractivity contribution in [2.45, 2.75) is 13.0 Å². The Bertz CT molecular complexity index is 791. The van der Waals surface area contributed by atoms with Gasteiger partial charge in [0.15, 0.2) is 0 Å². The van der Waals surface area contributed by atoms with Gasteiger partial charge in [0.05, 0.1) is 11.6 Å². The van der Waals surface area contributed by atoms with Crippen molar-refractivity contribution >= 4 is 44.3 Å². The maximum Gasteiger partial charge on any atom is 0.224 e. The summed E-state index contributed by atoms with van der Waals surface area (Å²) >= 11 is 9.50. The summed E-state index contributed by atoms with van der Waals surface area (Å²) in [6.45, 7) is 2.09. The molecule has 0 aliphatic rings. The molecule has 0 radical (unpaired) electrons. The van der Waals surface area contributed by atoms with E-state index in [9.17, 15) is 0 Å². The molecular weight excluding hydrogens is 350 g/mol. The lowest BCUT2D eigenvalue weighted by atomic mass is 10.1. The Balaban J connectivity index is 1.98. The number of para-hydroxylation sites is 1. The fourth-order valence-electron chi connectivity index (χ4n) is 2.22. The van der Waals surface area contributed by atoms with Gasteiger partial charge in [-0.2, -0.15) is 0 Å². The van der Waals surface area contributed by atoms with Crippen LogP contribution < -0.4 is 5.32 Å². The van der Waals surface area contributed by atoms with E-state index in [0.29, 0.717) is 0 Å². The van der Waals surface area contributed by atoms with Gasteiger partial charge in [-0.05, 0) is 48.4 Å². The van der Waals surface area contributed by atoms with Crippen LogP contribution in [0, 0.1) is 0 Å². The van der Waals surface area contributed by atoms with Crippen LogP contribution in [0.25, 0.3) is 10.9 Å². The van der Waals surface area contributed by atoms with Crippen LogP contribution in [0.1, 0.15) is 18.5 Å². The van der Waals surface area contributed by atoms with Crippen molar-refractivity contribution in [3.63, 3.8) is 0 Å². The summed E-state index contributed by atoms with van der Waals surface area (Å²) in [5.74, 6) is 0.748. The van der Waals surface area contributed by atoms with Crippen molar-refractivity contribution in [1.82, 2.24) is 9.97 Å². The zero-order valence-corrected chi connectivity index (χ0v) is 13.7. The Morgan fingerprint density at radius 3 is 2.71 bits per heavy atom. The van der Waals surface area contributed by atoms with Crippen LogP contribution in [0.4, 0.5) is 5.82 Å². The second-order valence-electron chi connectivity index (χ2n) is 4.78. The molecule has 1 N–H and O–H groups in total. The molecule has 21 heavy (non-hydrogen) atoms. The number of benzene rings is 2. The van der Waals surface area contributed by atoms with E-state index in [1.165, 1.54) is 5.56 Å². The molecule has 2 aromatic carbocycles. The summed E-state index contributed by atoms with van der Waals surface area (Å²) in [6.07, 6.45) is 0. The number of fused-ring (bicyclic) bond motifs is 1. The van der Waals surface area contributed by atoms with Crippen LogP contribution in [0.3, 0.4) is 0 Å². The number of nitrogens with one attached hydrogen (secondary N) is 1. The molecule has 1 aromatic heterocycles. The van der Waals surface area contributed by atoms with E-state index in [0.717, 1.165) is 21.2 Å². The molecule has 0 spiro atoms. The number of anilines is 1.